The molecule has 2 aromatic heterocycles. The molecule has 1 aliphatic heterocycles. The molecule has 0 bridgehead atoms. The van der Waals surface area contributed by atoms with Gasteiger partial charge in [0.25, 0.3) is 0 Å². The number of nitrogens with one attached hydrogen (secondary N) is 1. The van der Waals surface area contributed by atoms with Gasteiger partial charge in [0.2, 0.25) is 5.88 Å². The second kappa shape index (κ2) is 7.19. The quantitative estimate of drug-likeness (QED) is 0.220. The van der Waals surface area contributed by atoms with Crippen LogP contribution in [0.3, 0.4) is 0 Å². The molecule has 4 nitrogen and oxygen atoms in total. The molecule has 0 amide bonds. The molecule has 0 spiro atoms. The second-order valence-corrected chi connectivity index (χ2v) is 10.8. The van der Waals surface area contributed by atoms with E-state index in [-0.39, 0.29) is 0 Å². The minimum Gasteiger partial charge on any atom is -0.436 e. The van der Waals surface area contributed by atoms with Crippen molar-refractivity contribution in [2.24, 2.45) is 4.99 Å². The molecule has 4 heteroatoms. The van der Waals surface area contributed by atoms with E-state index in [2.05, 4.69) is 119 Å². The van der Waals surface area contributed by atoms with Gasteiger partial charge in [-0.25, -0.2) is 0 Å². The third kappa shape index (κ3) is 2.45. The summed E-state index contributed by atoms with van der Waals surface area (Å²) in [5, 5.41) is 12.3. The van der Waals surface area contributed by atoms with Gasteiger partial charge in [-0.2, -0.15) is 4.99 Å². The highest BCUT2D eigenvalue weighted by atomic mass is 16.3. The van der Waals surface area contributed by atoms with Crippen molar-refractivity contribution in [1.29, 1.82) is 0 Å². The van der Waals surface area contributed by atoms with E-state index < -0.39 is 0 Å². The predicted molar refractivity (Wildman–Crippen MR) is 166 cm³/mol. The van der Waals surface area contributed by atoms with E-state index in [1.165, 1.54) is 54.6 Å². The fraction of sp³-hybridized carbons (Fsp3) is 0.0278. The Bertz CT molecular complexity index is 2340. The number of aromatic nitrogens is 1. The Balaban J connectivity index is 1.30. The number of benzene rings is 6. The lowest BCUT2D eigenvalue weighted by atomic mass is 9.93. The van der Waals surface area contributed by atoms with Crippen molar-refractivity contribution in [2.75, 3.05) is 11.9 Å². The summed E-state index contributed by atoms with van der Waals surface area (Å²) in [5.74, 6) is 1.56. The van der Waals surface area contributed by atoms with E-state index in [0.717, 1.165) is 33.5 Å². The predicted octanol–water partition coefficient (Wildman–Crippen LogP) is 9.50. The molecule has 6 aromatic carbocycles. The normalized spacial score (nSPS) is 13.8. The van der Waals surface area contributed by atoms with E-state index >= 15 is 0 Å². The average Bonchev–Trinajstić information content (AvgIpc) is 3.52. The summed E-state index contributed by atoms with van der Waals surface area (Å²) < 4.78 is 8.68. The molecule has 0 unspecified atom stereocenters. The summed E-state index contributed by atoms with van der Waals surface area (Å²) in [6, 6.07) is 39.3. The van der Waals surface area contributed by atoms with Crippen LogP contribution in [0.5, 0.6) is 0 Å². The molecule has 8 aromatic rings. The van der Waals surface area contributed by atoms with E-state index in [9.17, 15) is 0 Å². The van der Waals surface area contributed by atoms with Gasteiger partial charge < -0.3 is 9.73 Å². The van der Waals surface area contributed by atoms with Crippen LogP contribution in [0.1, 0.15) is 0 Å². The lowest BCUT2D eigenvalue weighted by Gasteiger charge is -2.18. The van der Waals surface area contributed by atoms with E-state index in [0.29, 0.717) is 12.4 Å². The summed E-state index contributed by atoms with van der Waals surface area (Å²) in [4.78, 5) is 5.17. The summed E-state index contributed by atoms with van der Waals surface area (Å²) in [7, 11) is 0. The Morgan fingerprint density at radius 1 is 0.575 bits per heavy atom. The van der Waals surface area contributed by atoms with Crippen molar-refractivity contribution in [3.63, 3.8) is 0 Å². The number of aliphatic imine (C=N–C) groups is 1. The van der Waals surface area contributed by atoms with Gasteiger partial charge in [-0.15, -0.1) is 0 Å². The molecule has 1 N–H and O–H groups in total. The first-order valence-electron chi connectivity index (χ1n) is 13.7. The van der Waals surface area contributed by atoms with E-state index in [1.807, 2.05) is 0 Å². The maximum Gasteiger partial charge on any atom is 0.245 e. The van der Waals surface area contributed by atoms with Crippen molar-refractivity contribution in [3.8, 4) is 22.3 Å². The first kappa shape index (κ1) is 20.6. The molecule has 0 saturated heterocycles. The molecule has 10 rings (SSSR count). The van der Waals surface area contributed by atoms with Gasteiger partial charge in [0.05, 0.1) is 23.0 Å². The Labute approximate surface area is 228 Å². The maximum atomic E-state index is 6.35. The third-order valence-corrected chi connectivity index (χ3v) is 8.78. The first-order valence-corrected chi connectivity index (χ1v) is 13.7. The van der Waals surface area contributed by atoms with Crippen LogP contribution in [0, 0.1) is 0 Å². The highest BCUT2D eigenvalue weighted by Crippen LogP contribution is 2.49. The van der Waals surface area contributed by atoms with Gasteiger partial charge >= 0.3 is 0 Å². The summed E-state index contributed by atoms with van der Waals surface area (Å²) in [6.07, 6.45) is 0. The van der Waals surface area contributed by atoms with Crippen LogP contribution in [0.15, 0.2) is 119 Å². The number of anilines is 1. The van der Waals surface area contributed by atoms with Gasteiger partial charge in [0, 0.05) is 10.8 Å². The van der Waals surface area contributed by atoms with E-state index in [4.69, 9.17) is 9.41 Å². The standard InChI is InChI=1S/C36H21N3O/c1-2-10-22-20(7-1)17-18-29-34(22)35-36(40-29)38-30(19-37-35)39-27-15-5-13-25-23-11-3-8-21-9-4-12-24(31(21)23)26-14-6-16-28(39)33(26)32(25)27/h1-18,37H,19H2. The van der Waals surface area contributed by atoms with Crippen LogP contribution < -0.4 is 5.32 Å². The zero-order valence-electron chi connectivity index (χ0n) is 21.4. The number of nitrogens with zero attached hydrogens (tertiary/aromatic N) is 2. The Morgan fingerprint density at radius 3 is 1.93 bits per heavy atom. The van der Waals surface area contributed by atoms with Crippen LogP contribution in [-0.2, 0) is 0 Å². The molecule has 0 saturated carbocycles. The highest BCUT2D eigenvalue weighted by Gasteiger charge is 2.27. The third-order valence-electron chi connectivity index (χ3n) is 8.78. The van der Waals surface area contributed by atoms with Gasteiger partial charge in [-0.3, -0.25) is 4.57 Å². The molecule has 186 valence electrons. The molecule has 0 radical (unpaired) electrons. The van der Waals surface area contributed by atoms with Crippen LogP contribution >= 0.6 is 0 Å². The molecule has 0 fully saturated rings. The molecule has 0 atom stereocenters. The summed E-state index contributed by atoms with van der Waals surface area (Å²) in [5.41, 5.74) is 9.25. The minimum atomic E-state index is 0.602. The van der Waals surface area contributed by atoms with Crippen molar-refractivity contribution < 1.29 is 4.42 Å². The minimum absolute atomic E-state index is 0.602. The smallest absolute Gasteiger partial charge is 0.245 e. The monoisotopic (exact) mass is 511 g/mol. The molecule has 1 aliphatic carbocycles. The first-order chi connectivity index (χ1) is 19.8. The van der Waals surface area contributed by atoms with Crippen molar-refractivity contribution >= 4 is 71.7 Å². The molecule has 2 aliphatic rings. The zero-order chi connectivity index (χ0) is 25.9. The molecular formula is C36H21N3O. The van der Waals surface area contributed by atoms with Gasteiger partial charge in [-0.1, -0.05) is 91.0 Å². The summed E-state index contributed by atoms with van der Waals surface area (Å²) >= 11 is 0. The lowest BCUT2D eigenvalue weighted by Crippen LogP contribution is -2.24. The Hall–Kier alpha value is -5.35. The topological polar surface area (TPSA) is 42.5 Å². The average molecular weight is 512 g/mol. The second-order valence-electron chi connectivity index (χ2n) is 10.8. The molecular weight excluding hydrogens is 490 g/mol. The van der Waals surface area contributed by atoms with Crippen LogP contribution in [0.4, 0.5) is 11.6 Å². The number of rotatable bonds is 0. The van der Waals surface area contributed by atoms with Gasteiger partial charge in [0.15, 0.2) is 0 Å². The number of furan rings is 1. The largest absolute Gasteiger partial charge is 0.436 e. The fourth-order valence-electron chi connectivity index (χ4n) is 7.18. The Morgan fingerprint density at radius 2 is 1.20 bits per heavy atom. The highest BCUT2D eigenvalue weighted by molar-refractivity contribution is 6.29. The van der Waals surface area contributed by atoms with Crippen LogP contribution in [0.2, 0.25) is 0 Å². The fourth-order valence-corrected chi connectivity index (χ4v) is 7.18. The van der Waals surface area contributed by atoms with Crippen LogP contribution in [-0.4, -0.2) is 16.9 Å². The van der Waals surface area contributed by atoms with Gasteiger partial charge in [-0.05, 0) is 62.0 Å². The zero-order valence-corrected chi connectivity index (χ0v) is 21.4. The number of fused-ring (bicyclic) bond motifs is 7. The summed E-state index contributed by atoms with van der Waals surface area (Å²) in [6.45, 7) is 0.602. The maximum absolute atomic E-state index is 6.35. The number of hydrogen-bond donors (Lipinski definition) is 1. The van der Waals surface area contributed by atoms with Crippen LogP contribution in [0.25, 0.3) is 76.6 Å². The van der Waals surface area contributed by atoms with Gasteiger partial charge in [0.1, 0.15) is 17.1 Å². The lowest BCUT2D eigenvalue weighted by molar-refractivity contribution is 0.625. The van der Waals surface area contributed by atoms with E-state index in [1.54, 1.807) is 0 Å². The van der Waals surface area contributed by atoms with Crippen molar-refractivity contribution in [2.45, 2.75) is 0 Å². The van der Waals surface area contributed by atoms with Crippen molar-refractivity contribution in [3.05, 3.63) is 109 Å². The van der Waals surface area contributed by atoms with Crippen molar-refractivity contribution in [1.82, 2.24) is 4.57 Å². The molecule has 40 heavy (non-hydrogen) atoms. The SMILES string of the molecule is c1cc2c3c(cccc3c1)-c1cccc3c1c1c-2cccc1n3C1=Nc2oc3ccc4ccccc4c3c2NC1. The molecule has 3 heterocycles. The Kier molecular flexibility index (Phi) is 3.70. The number of hydrogen-bond acceptors (Lipinski definition) is 3.